The van der Waals surface area contributed by atoms with Gasteiger partial charge in [-0.15, -0.1) is 0 Å². The molecule has 66 valence electrons. The van der Waals surface area contributed by atoms with Gasteiger partial charge < -0.3 is 0 Å². The minimum absolute atomic E-state index is 0.0295. The summed E-state index contributed by atoms with van der Waals surface area (Å²) >= 11 is 5.71. The highest BCUT2D eigenvalue weighted by Gasteiger charge is 2.16. The van der Waals surface area contributed by atoms with Crippen LogP contribution in [0, 0.1) is 10.1 Å². The molecule has 0 aromatic carbocycles. The monoisotopic (exact) mass is 197 g/mol. The molecule has 2 aromatic rings. The summed E-state index contributed by atoms with van der Waals surface area (Å²) in [6, 6.07) is 1.62. The first-order valence-electron chi connectivity index (χ1n) is 3.46. The molecular formula is C7H4ClN3O2. The number of fused-ring (bicyclic) bond motifs is 1. The molecule has 0 aliphatic carbocycles. The van der Waals surface area contributed by atoms with Gasteiger partial charge in [-0.3, -0.25) is 19.2 Å². The summed E-state index contributed by atoms with van der Waals surface area (Å²) in [5.41, 5.74) is 0.557. The van der Waals surface area contributed by atoms with Crippen molar-refractivity contribution in [2.75, 3.05) is 0 Å². The Morgan fingerprint density at radius 2 is 2.38 bits per heavy atom. The third-order valence-electron chi connectivity index (χ3n) is 1.74. The Balaban J connectivity index is 2.85. The number of nitro groups is 1. The Labute approximate surface area is 77.8 Å². The lowest BCUT2D eigenvalue weighted by molar-refractivity contribution is -0.383. The molecule has 0 aliphatic heterocycles. The molecule has 2 heterocycles. The fourth-order valence-corrected chi connectivity index (χ4v) is 1.40. The summed E-state index contributed by atoms with van der Waals surface area (Å²) in [6.07, 6.45) is 4.21. The van der Waals surface area contributed by atoms with Crippen LogP contribution in [0.2, 0.25) is 0 Å². The van der Waals surface area contributed by atoms with E-state index in [2.05, 4.69) is 4.98 Å². The molecule has 0 atom stereocenters. The van der Waals surface area contributed by atoms with E-state index in [1.807, 2.05) is 0 Å². The van der Waals surface area contributed by atoms with Crippen molar-refractivity contribution in [2.24, 2.45) is 0 Å². The van der Waals surface area contributed by atoms with Crippen LogP contribution in [0.4, 0.5) is 5.69 Å². The molecule has 0 spiro atoms. The number of nitrogens with zero attached hydrogens (tertiary/aromatic N) is 3. The lowest BCUT2D eigenvalue weighted by atomic mass is 10.3. The summed E-state index contributed by atoms with van der Waals surface area (Å²) < 4.78 is 1.19. The second-order valence-corrected chi connectivity index (χ2v) is 2.84. The van der Waals surface area contributed by atoms with Gasteiger partial charge in [0.15, 0.2) is 0 Å². The van der Waals surface area contributed by atoms with Crippen LogP contribution in [-0.2, 0) is 0 Å². The van der Waals surface area contributed by atoms with Crippen molar-refractivity contribution in [3.63, 3.8) is 0 Å². The second kappa shape index (κ2) is 2.70. The Morgan fingerprint density at radius 1 is 1.62 bits per heavy atom. The number of pyridine rings is 1. The van der Waals surface area contributed by atoms with Crippen LogP contribution < -0.4 is 0 Å². The Kier molecular flexibility index (Phi) is 1.66. The van der Waals surface area contributed by atoms with E-state index in [4.69, 9.17) is 11.8 Å². The van der Waals surface area contributed by atoms with Crippen LogP contribution in [-0.4, -0.2) is 14.0 Å². The summed E-state index contributed by atoms with van der Waals surface area (Å²) in [5.74, 6) is 0. The highest BCUT2D eigenvalue weighted by atomic mass is 35.5. The van der Waals surface area contributed by atoms with Crippen molar-refractivity contribution in [3.8, 4) is 0 Å². The molecule has 2 rings (SSSR count). The summed E-state index contributed by atoms with van der Waals surface area (Å²) in [6.45, 7) is 0. The predicted octanol–water partition coefficient (Wildman–Crippen LogP) is 1.95. The zero-order valence-electron chi connectivity index (χ0n) is 6.35. The number of halogens is 1. The molecule has 0 aliphatic rings. The molecule has 0 saturated carbocycles. The van der Waals surface area contributed by atoms with Gasteiger partial charge in [-0.1, -0.05) is 0 Å². The Morgan fingerprint density at radius 3 is 3.08 bits per heavy atom. The standard InChI is InChI=1S/C7H4ClN3O2/c8-10-4-7(11(12)13)5-3-9-2-1-6(5)10/h1-4H. The molecule has 0 bridgehead atoms. The van der Waals surface area contributed by atoms with Crippen molar-refractivity contribution in [1.82, 2.24) is 9.07 Å². The van der Waals surface area contributed by atoms with Gasteiger partial charge >= 0.3 is 0 Å². The van der Waals surface area contributed by atoms with Crippen molar-refractivity contribution in [1.29, 1.82) is 0 Å². The fraction of sp³-hybridized carbons (Fsp3) is 0. The van der Waals surface area contributed by atoms with E-state index in [1.54, 1.807) is 6.07 Å². The molecule has 0 unspecified atom stereocenters. The maximum absolute atomic E-state index is 10.5. The van der Waals surface area contributed by atoms with E-state index in [0.717, 1.165) is 0 Å². The average Bonchev–Trinajstić information content (AvgIpc) is 2.45. The third-order valence-corrected chi connectivity index (χ3v) is 2.02. The molecule has 2 aromatic heterocycles. The summed E-state index contributed by atoms with van der Waals surface area (Å²) in [5, 5.41) is 11.0. The highest BCUT2D eigenvalue weighted by molar-refractivity contribution is 6.20. The zero-order chi connectivity index (χ0) is 9.42. The van der Waals surface area contributed by atoms with Crippen molar-refractivity contribution in [3.05, 3.63) is 34.8 Å². The van der Waals surface area contributed by atoms with Gasteiger partial charge in [0, 0.05) is 24.2 Å². The van der Waals surface area contributed by atoms with Gasteiger partial charge in [0.1, 0.15) is 6.20 Å². The molecule has 0 N–H and O–H groups in total. The van der Waals surface area contributed by atoms with Crippen LogP contribution in [0.5, 0.6) is 0 Å². The number of aromatic nitrogens is 2. The van der Waals surface area contributed by atoms with E-state index in [9.17, 15) is 10.1 Å². The first-order chi connectivity index (χ1) is 6.20. The number of hydrogen-bond donors (Lipinski definition) is 0. The second-order valence-electron chi connectivity index (χ2n) is 2.48. The van der Waals surface area contributed by atoms with Crippen molar-refractivity contribution < 1.29 is 4.92 Å². The molecule has 0 saturated heterocycles. The molecule has 0 radical (unpaired) electrons. The lowest BCUT2D eigenvalue weighted by Crippen LogP contribution is -1.84. The van der Waals surface area contributed by atoms with E-state index in [1.165, 1.54) is 22.7 Å². The zero-order valence-corrected chi connectivity index (χ0v) is 7.10. The van der Waals surface area contributed by atoms with Crippen LogP contribution in [0.1, 0.15) is 0 Å². The first kappa shape index (κ1) is 8.00. The highest BCUT2D eigenvalue weighted by Crippen LogP contribution is 2.27. The Bertz CT molecular complexity index is 480. The summed E-state index contributed by atoms with van der Waals surface area (Å²) in [4.78, 5) is 13.8. The number of hydrogen-bond acceptors (Lipinski definition) is 3. The van der Waals surface area contributed by atoms with Gasteiger partial charge in [-0.05, 0) is 6.07 Å². The molecular weight excluding hydrogens is 194 g/mol. The van der Waals surface area contributed by atoms with Crippen molar-refractivity contribution in [2.45, 2.75) is 0 Å². The third kappa shape index (κ3) is 1.13. The topological polar surface area (TPSA) is 61.0 Å². The molecule has 0 amide bonds. The van der Waals surface area contributed by atoms with Gasteiger partial charge in [0.25, 0.3) is 5.69 Å². The van der Waals surface area contributed by atoms with E-state index < -0.39 is 4.92 Å². The molecule has 5 nitrogen and oxygen atoms in total. The smallest absolute Gasteiger partial charge is 0.264 e. The van der Waals surface area contributed by atoms with Crippen LogP contribution >= 0.6 is 11.8 Å². The van der Waals surface area contributed by atoms with Gasteiger partial charge in [0.05, 0.1) is 15.8 Å². The Hall–Kier alpha value is -1.62. The molecule has 6 heteroatoms. The van der Waals surface area contributed by atoms with Gasteiger partial charge in [0.2, 0.25) is 0 Å². The quantitative estimate of drug-likeness (QED) is 0.519. The SMILES string of the molecule is O=[N+]([O-])c1cn(Cl)c2ccncc12. The van der Waals surface area contributed by atoms with Crippen molar-refractivity contribution >= 4 is 28.4 Å². The van der Waals surface area contributed by atoms with Crippen LogP contribution in [0.25, 0.3) is 10.9 Å². The van der Waals surface area contributed by atoms with Crippen LogP contribution in [0.15, 0.2) is 24.7 Å². The predicted molar refractivity (Wildman–Crippen MR) is 47.6 cm³/mol. The lowest BCUT2D eigenvalue weighted by Gasteiger charge is -1.88. The van der Waals surface area contributed by atoms with Gasteiger partial charge in [-0.2, -0.15) is 0 Å². The minimum Gasteiger partial charge on any atom is -0.264 e. The fourth-order valence-electron chi connectivity index (χ4n) is 1.16. The maximum Gasteiger partial charge on any atom is 0.297 e. The maximum atomic E-state index is 10.5. The summed E-state index contributed by atoms with van der Waals surface area (Å²) in [7, 11) is 0. The molecule has 0 fully saturated rings. The van der Waals surface area contributed by atoms with E-state index in [-0.39, 0.29) is 5.69 Å². The number of rotatable bonds is 1. The van der Waals surface area contributed by atoms with Crippen LogP contribution in [0.3, 0.4) is 0 Å². The average molecular weight is 198 g/mol. The normalized spacial score (nSPS) is 10.5. The van der Waals surface area contributed by atoms with Gasteiger partial charge in [-0.25, -0.2) is 0 Å². The van der Waals surface area contributed by atoms with E-state index in [0.29, 0.717) is 10.9 Å². The first-order valence-corrected chi connectivity index (χ1v) is 3.79. The minimum atomic E-state index is -0.483. The van der Waals surface area contributed by atoms with E-state index >= 15 is 0 Å². The largest absolute Gasteiger partial charge is 0.297 e. The molecule has 13 heavy (non-hydrogen) atoms.